The van der Waals surface area contributed by atoms with Crippen molar-refractivity contribution in [3.8, 4) is 22.8 Å². The molecule has 7 heteroatoms. The molecule has 172 valence electrons. The summed E-state index contributed by atoms with van der Waals surface area (Å²) in [5.74, 6) is 2.29. The van der Waals surface area contributed by atoms with Crippen LogP contribution in [0.2, 0.25) is 0 Å². The summed E-state index contributed by atoms with van der Waals surface area (Å²) in [6.07, 6.45) is 3.66. The molecule has 0 radical (unpaired) electrons. The molecule has 2 aliphatic heterocycles. The molecule has 34 heavy (non-hydrogen) atoms. The van der Waals surface area contributed by atoms with E-state index in [2.05, 4.69) is 18.3 Å². The van der Waals surface area contributed by atoms with E-state index >= 15 is 0 Å². The number of fused-ring (bicyclic) bond motifs is 2. The summed E-state index contributed by atoms with van der Waals surface area (Å²) < 4.78 is 14.2. The molecular weight excluding hydrogens is 426 g/mol. The highest BCUT2D eigenvalue weighted by Crippen LogP contribution is 2.47. The minimum Gasteiger partial charge on any atom is -0.496 e. The van der Waals surface area contributed by atoms with Crippen molar-refractivity contribution in [3.63, 3.8) is 0 Å². The molecule has 2 aromatic heterocycles. The summed E-state index contributed by atoms with van der Waals surface area (Å²) >= 11 is 0. The van der Waals surface area contributed by atoms with E-state index in [4.69, 9.17) is 25.3 Å². The largest absolute Gasteiger partial charge is 0.496 e. The topological polar surface area (TPSA) is 86.7 Å². The van der Waals surface area contributed by atoms with Crippen LogP contribution in [0.5, 0.6) is 11.5 Å². The maximum atomic E-state index is 6.64. The second-order valence-electron chi connectivity index (χ2n) is 8.94. The van der Waals surface area contributed by atoms with Crippen molar-refractivity contribution < 1.29 is 9.47 Å². The van der Waals surface area contributed by atoms with E-state index in [9.17, 15) is 0 Å². The van der Waals surface area contributed by atoms with Gasteiger partial charge in [0, 0.05) is 35.2 Å². The van der Waals surface area contributed by atoms with Crippen molar-refractivity contribution in [2.24, 2.45) is 0 Å². The first-order chi connectivity index (χ1) is 16.6. The first-order valence-corrected chi connectivity index (χ1v) is 11.6. The van der Waals surface area contributed by atoms with Crippen LogP contribution in [-0.4, -0.2) is 40.4 Å². The quantitative estimate of drug-likeness (QED) is 0.449. The smallest absolute Gasteiger partial charge is 0.180 e. The van der Waals surface area contributed by atoms with Gasteiger partial charge in [-0.05, 0) is 68.1 Å². The molecule has 0 atom stereocenters. The van der Waals surface area contributed by atoms with Crippen molar-refractivity contribution >= 4 is 16.8 Å². The van der Waals surface area contributed by atoms with Gasteiger partial charge in [-0.15, -0.1) is 5.10 Å². The SMILES string of the molecule is COc1ccccc1-c1ccc2cnc(C3=C(C)C4(CCNCC4)Oc4ccc(N)cc43)nn12. The van der Waals surface area contributed by atoms with Gasteiger partial charge in [-0.25, -0.2) is 9.50 Å². The summed E-state index contributed by atoms with van der Waals surface area (Å²) in [7, 11) is 1.69. The number of nitrogens with zero attached hydrogens (tertiary/aromatic N) is 3. The molecule has 4 heterocycles. The fraction of sp³-hybridized carbons (Fsp3) is 0.259. The van der Waals surface area contributed by atoms with E-state index in [0.29, 0.717) is 11.5 Å². The Bertz CT molecular complexity index is 1430. The van der Waals surface area contributed by atoms with Gasteiger partial charge in [-0.3, -0.25) is 0 Å². The number of aromatic nitrogens is 3. The maximum absolute atomic E-state index is 6.64. The maximum Gasteiger partial charge on any atom is 0.180 e. The average molecular weight is 454 g/mol. The first-order valence-electron chi connectivity index (χ1n) is 11.6. The number of hydrogen-bond acceptors (Lipinski definition) is 6. The van der Waals surface area contributed by atoms with Crippen LogP contribution < -0.4 is 20.5 Å². The van der Waals surface area contributed by atoms with Crippen LogP contribution in [0.4, 0.5) is 5.69 Å². The molecule has 4 aromatic rings. The molecule has 6 rings (SSSR count). The van der Waals surface area contributed by atoms with Gasteiger partial charge in [0.25, 0.3) is 0 Å². The molecule has 0 saturated carbocycles. The number of methoxy groups -OCH3 is 1. The zero-order chi connectivity index (χ0) is 23.3. The van der Waals surface area contributed by atoms with E-state index < -0.39 is 0 Å². The van der Waals surface area contributed by atoms with E-state index in [1.807, 2.05) is 59.2 Å². The zero-order valence-corrected chi connectivity index (χ0v) is 19.3. The number of hydrogen-bond donors (Lipinski definition) is 2. The normalized spacial score (nSPS) is 17.0. The molecule has 3 N–H and O–H groups in total. The number of benzene rings is 2. The highest BCUT2D eigenvalue weighted by molar-refractivity contribution is 5.86. The van der Waals surface area contributed by atoms with E-state index in [-0.39, 0.29) is 5.60 Å². The minimum atomic E-state index is -0.371. The lowest BCUT2D eigenvalue weighted by molar-refractivity contribution is 0.0695. The van der Waals surface area contributed by atoms with Gasteiger partial charge in [0.1, 0.15) is 17.1 Å². The van der Waals surface area contributed by atoms with Crippen LogP contribution in [0.25, 0.3) is 22.3 Å². The fourth-order valence-corrected chi connectivity index (χ4v) is 5.22. The minimum absolute atomic E-state index is 0.371. The second-order valence-corrected chi connectivity index (χ2v) is 8.94. The molecule has 7 nitrogen and oxygen atoms in total. The number of nitrogens with two attached hydrogens (primary N) is 1. The van der Waals surface area contributed by atoms with Crippen LogP contribution in [0.1, 0.15) is 31.2 Å². The van der Waals surface area contributed by atoms with E-state index in [1.165, 1.54) is 0 Å². The van der Waals surface area contributed by atoms with Crippen LogP contribution in [0, 0.1) is 0 Å². The van der Waals surface area contributed by atoms with Crippen molar-refractivity contribution in [2.75, 3.05) is 25.9 Å². The molecule has 1 saturated heterocycles. The molecule has 0 unspecified atom stereocenters. The third-order valence-corrected chi connectivity index (χ3v) is 7.05. The Morgan fingerprint density at radius 3 is 2.71 bits per heavy atom. The lowest BCUT2D eigenvalue weighted by atomic mass is 9.78. The third-order valence-electron chi connectivity index (χ3n) is 7.05. The Hall–Kier alpha value is -3.84. The molecule has 2 aromatic carbocycles. The Kier molecular flexibility index (Phi) is 4.81. The molecule has 0 aliphatic carbocycles. The zero-order valence-electron chi connectivity index (χ0n) is 19.3. The first kappa shape index (κ1) is 20.7. The van der Waals surface area contributed by atoms with Gasteiger partial charge in [0.2, 0.25) is 0 Å². The molecule has 1 fully saturated rings. The highest BCUT2D eigenvalue weighted by Gasteiger charge is 2.42. The monoisotopic (exact) mass is 453 g/mol. The van der Waals surface area contributed by atoms with Crippen LogP contribution in [0.3, 0.4) is 0 Å². The van der Waals surface area contributed by atoms with Gasteiger partial charge < -0.3 is 20.5 Å². The number of para-hydroxylation sites is 1. The lowest BCUT2D eigenvalue weighted by Gasteiger charge is -2.43. The van der Waals surface area contributed by atoms with Crippen molar-refractivity contribution in [1.82, 2.24) is 19.9 Å². The van der Waals surface area contributed by atoms with E-state index in [1.54, 1.807) is 7.11 Å². The molecule has 1 spiro atoms. The number of anilines is 1. The third kappa shape index (κ3) is 3.15. The van der Waals surface area contributed by atoms with Crippen LogP contribution in [0.15, 0.2) is 66.4 Å². The second kappa shape index (κ2) is 7.88. The van der Waals surface area contributed by atoms with Crippen LogP contribution >= 0.6 is 0 Å². The molecular formula is C27H27N5O2. The Balaban J connectivity index is 1.58. The predicted octanol–water partition coefficient (Wildman–Crippen LogP) is 4.32. The van der Waals surface area contributed by atoms with Crippen molar-refractivity contribution in [2.45, 2.75) is 25.4 Å². The van der Waals surface area contributed by atoms with Crippen molar-refractivity contribution in [1.29, 1.82) is 0 Å². The number of nitrogens with one attached hydrogen (secondary N) is 1. The number of ether oxygens (including phenoxy) is 2. The van der Waals surface area contributed by atoms with Gasteiger partial charge in [-0.2, -0.15) is 0 Å². The number of piperidine rings is 1. The number of rotatable bonds is 3. The lowest BCUT2D eigenvalue weighted by Crippen LogP contribution is -2.49. The molecule has 2 aliphatic rings. The van der Waals surface area contributed by atoms with Gasteiger partial charge in [0.15, 0.2) is 5.82 Å². The summed E-state index contributed by atoms with van der Waals surface area (Å²) in [5.41, 5.74) is 12.4. The summed E-state index contributed by atoms with van der Waals surface area (Å²) in [6.45, 7) is 3.96. The summed E-state index contributed by atoms with van der Waals surface area (Å²) in [4.78, 5) is 4.80. The fourth-order valence-electron chi connectivity index (χ4n) is 5.22. The number of nitrogen functional groups attached to an aromatic ring is 1. The molecule has 0 bridgehead atoms. The van der Waals surface area contributed by atoms with Gasteiger partial charge in [-0.1, -0.05) is 12.1 Å². The van der Waals surface area contributed by atoms with Gasteiger partial charge >= 0.3 is 0 Å². The Morgan fingerprint density at radius 2 is 1.88 bits per heavy atom. The standard InChI is InChI=1S/C27H27N5O2/c1-17-25(21-15-18(28)7-10-24(21)34-27(17)11-13-29-14-12-27)26-30-16-19-8-9-22(32(19)31-26)20-5-3-4-6-23(20)33-2/h3-10,15-16,29H,11-14,28H2,1-2H3. The average Bonchev–Trinajstić information content (AvgIpc) is 3.29. The predicted molar refractivity (Wildman–Crippen MR) is 133 cm³/mol. The Labute approximate surface area is 198 Å². The van der Waals surface area contributed by atoms with Crippen LogP contribution in [-0.2, 0) is 0 Å². The Morgan fingerprint density at radius 1 is 1.06 bits per heavy atom. The van der Waals surface area contributed by atoms with Gasteiger partial charge in [0.05, 0.1) is 24.5 Å². The summed E-state index contributed by atoms with van der Waals surface area (Å²) in [5, 5.41) is 8.50. The highest BCUT2D eigenvalue weighted by atomic mass is 16.5. The van der Waals surface area contributed by atoms with E-state index in [0.717, 1.165) is 70.9 Å². The molecule has 0 amide bonds. The summed E-state index contributed by atoms with van der Waals surface area (Å²) in [6, 6.07) is 17.9. The van der Waals surface area contributed by atoms with Crippen molar-refractivity contribution in [3.05, 3.63) is 77.8 Å².